The first-order valence-corrected chi connectivity index (χ1v) is 3.88. The maximum atomic E-state index is 2.21. The van der Waals surface area contributed by atoms with Crippen LogP contribution in [0, 0.1) is 6.92 Å². The van der Waals surface area contributed by atoms with Crippen LogP contribution >= 0.6 is 0 Å². The average molecular weight is 170 g/mol. The number of halogens is 1. The van der Waals surface area contributed by atoms with Gasteiger partial charge < -0.3 is 12.4 Å². The molecule has 0 saturated heterocycles. The SMILES string of the molecule is CCCc1ccc(C)cc1.[Cl-]. The summed E-state index contributed by atoms with van der Waals surface area (Å²) in [7, 11) is 0. The minimum atomic E-state index is 0. The van der Waals surface area contributed by atoms with E-state index in [1.807, 2.05) is 0 Å². The molecule has 11 heavy (non-hydrogen) atoms. The fraction of sp³-hybridized carbons (Fsp3) is 0.400. The van der Waals surface area contributed by atoms with E-state index in [-0.39, 0.29) is 12.4 Å². The van der Waals surface area contributed by atoms with Gasteiger partial charge in [0.05, 0.1) is 0 Å². The molecule has 0 aliphatic heterocycles. The van der Waals surface area contributed by atoms with Crippen LogP contribution in [0.2, 0.25) is 0 Å². The van der Waals surface area contributed by atoms with Crippen LogP contribution in [-0.2, 0) is 6.42 Å². The van der Waals surface area contributed by atoms with E-state index in [2.05, 4.69) is 38.1 Å². The maximum Gasteiger partial charge on any atom is -0.0281 e. The Hall–Kier alpha value is -0.490. The predicted molar refractivity (Wildman–Crippen MR) is 45.2 cm³/mol. The zero-order valence-corrected chi connectivity index (χ0v) is 7.86. The molecule has 0 spiro atoms. The van der Waals surface area contributed by atoms with E-state index >= 15 is 0 Å². The van der Waals surface area contributed by atoms with Gasteiger partial charge in [0.1, 0.15) is 0 Å². The van der Waals surface area contributed by atoms with Crippen molar-refractivity contribution in [3.05, 3.63) is 35.4 Å². The molecule has 1 aromatic rings. The van der Waals surface area contributed by atoms with Crippen molar-refractivity contribution in [1.82, 2.24) is 0 Å². The lowest BCUT2D eigenvalue weighted by Crippen LogP contribution is -3.00. The first-order chi connectivity index (χ1) is 4.83. The maximum absolute atomic E-state index is 2.21. The van der Waals surface area contributed by atoms with Crippen LogP contribution in [0.25, 0.3) is 0 Å². The van der Waals surface area contributed by atoms with E-state index in [1.165, 1.54) is 24.0 Å². The van der Waals surface area contributed by atoms with Gasteiger partial charge in [0, 0.05) is 0 Å². The molecule has 1 rings (SSSR count). The minimum absolute atomic E-state index is 0. The number of rotatable bonds is 2. The largest absolute Gasteiger partial charge is 1.00 e. The van der Waals surface area contributed by atoms with Gasteiger partial charge in [-0.2, -0.15) is 0 Å². The molecule has 0 aliphatic carbocycles. The Morgan fingerprint density at radius 2 is 1.64 bits per heavy atom. The van der Waals surface area contributed by atoms with Crippen molar-refractivity contribution < 1.29 is 12.4 Å². The normalized spacial score (nSPS) is 8.91. The monoisotopic (exact) mass is 169 g/mol. The quantitative estimate of drug-likeness (QED) is 0.583. The Balaban J connectivity index is 0.000001000. The second-order valence-electron chi connectivity index (χ2n) is 2.74. The summed E-state index contributed by atoms with van der Waals surface area (Å²) in [4.78, 5) is 0. The molecule has 62 valence electrons. The van der Waals surface area contributed by atoms with Crippen LogP contribution in [-0.4, -0.2) is 0 Å². The molecule has 0 amide bonds. The molecule has 0 aromatic heterocycles. The standard InChI is InChI=1S/C10H14.ClH/c1-3-4-10-7-5-9(2)6-8-10;/h5-8H,3-4H2,1-2H3;1H/p-1. The van der Waals surface area contributed by atoms with Gasteiger partial charge in [-0.3, -0.25) is 0 Å². The van der Waals surface area contributed by atoms with Crippen molar-refractivity contribution >= 4 is 0 Å². The molecule has 0 unspecified atom stereocenters. The van der Waals surface area contributed by atoms with Gasteiger partial charge in [0.15, 0.2) is 0 Å². The molecule has 1 heteroatoms. The highest BCUT2D eigenvalue weighted by atomic mass is 35.5. The number of hydrogen-bond donors (Lipinski definition) is 0. The highest BCUT2D eigenvalue weighted by Gasteiger charge is 1.87. The summed E-state index contributed by atoms with van der Waals surface area (Å²) in [6, 6.07) is 8.76. The molecule has 0 atom stereocenters. The second kappa shape index (κ2) is 5.20. The Kier molecular flexibility index (Phi) is 4.97. The molecule has 0 nitrogen and oxygen atoms in total. The Labute approximate surface area is 75.0 Å². The third kappa shape index (κ3) is 3.43. The number of benzene rings is 1. The minimum Gasteiger partial charge on any atom is -1.00 e. The molecule has 0 aliphatic rings. The van der Waals surface area contributed by atoms with Crippen molar-refractivity contribution in [2.75, 3.05) is 0 Å². The molecule has 0 bridgehead atoms. The van der Waals surface area contributed by atoms with Crippen molar-refractivity contribution in [2.45, 2.75) is 26.7 Å². The Morgan fingerprint density at radius 3 is 2.09 bits per heavy atom. The fourth-order valence-corrected chi connectivity index (χ4v) is 1.04. The lowest BCUT2D eigenvalue weighted by molar-refractivity contribution is -0.00000223. The lowest BCUT2D eigenvalue weighted by atomic mass is 10.1. The van der Waals surface area contributed by atoms with Gasteiger partial charge in [-0.1, -0.05) is 43.2 Å². The van der Waals surface area contributed by atoms with Gasteiger partial charge >= 0.3 is 0 Å². The molecule has 0 fully saturated rings. The van der Waals surface area contributed by atoms with Crippen LogP contribution < -0.4 is 12.4 Å². The molecule has 0 heterocycles. The summed E-state index contributed by atoms with van der Waals surface area (Å²) < 4.78 is 0. The van der Waals surface area contributed by atoms with Crippen molar-refractivity contribution in [2.24, 2.45) is 0 Å². The van der Waals surface area contributed by atoms with Crippen LogP contribution in [0.3, 0.4) is 0 Å². The number of hydrogen-bond acceptors (Lipinski definition) is 0. The number of aryl methyl sites for hydroxylation is 2. The van der Waals surface area contributed by atoms with E-state index in [4.69, 9.17) is 0 Å². The van der Waals surface area contributed by atoms with E-state index in [9.17, 15) is 0 Å². The van der Waals surface area contributed by atoms with Crippen LogP contribution in [0.1, 0.15) is 24.5 Å². The van der Waals surface area contributed by atoms with Gasteiger partial charge in [-0.25, -0.2) is 0 Å². The second-order valence-corrected chi connectivity index (χ2v) is 2.74. The van der Waals surface area contributed by atoms with Gasteiger partial charge in [-0.05, 0) is 18.9 Å². The highest BCUT2D eigenvalue weighted by Crippen LogP contribution is 2.04. The van der Waals surface area contributed by atoms with Gasteiger partial charge in [0.2, 0.25) is 0 Å². The van der Waals surface area contributed by atoms with E-state index in [1.54, 1.807) is 0 Å². The molecule has 0 radical (unpaired) electrons. The lowest BCUT2D eigenvalue weighted by Gasteiger charge is -1.97. The van der Waals surface area contributed by atoms with Crippen LogP contribution in [0.15, 0.2) is 24.3 Å². The fourth-order valence-electron chi connectivity index (χ4n) is 1.04. The summed E-state index contributed by atoms with van der Waals surface area (Å²) >= 11 is 0. The average Bonchev–Trinajstić information content (AvgIpc) is 1.95. The van der Waals surface area contributed by atoms with Crippen molar-refractivity contribution in [3.63, 3.8) is 0 Å². The zero-order valence-electron chi connectivity index (χ0n) is 7.10. The van der Waals surface area contributed by atoms with E-state index in [0.29, 0.717) is 0 Å². The molecule has 0 saturated carbocycles. The molecule has 0 N–H and O–H groups in total. The topological polar surface area (TPSA) is 0 Å². The molecular weight excluding hydrogens is 156 g/mol. The third-order valence-corrected chi connectivity index (χ3v) is 1.66. The summed E-state index contributed by atoms with van der Waals surface area (Å²) in [6.07, 6.45) is 2.45. The third-order valence-electron chi connectivity index (χ3n) is 1.66. The summed E-state index contributed by atoms with van der Waals surface area (Å²) in [5, 5.41) is 0. The summed E-state index contributed by atoms with van der Waals surface area (Å²) in [5.74, 6) is 0. The first-order valence-electron chi connectivity index (χ1n) is 3.88. The van der Waals surface area contributed by atoms with E-state index in [0.717, 1.165) is 0 Å². The Morgan fingerprint density at radius 1 is 1.09 bits per heavy atom. The summed E-state index contributed by atoms with van der Waals surface area (Å²) in [6.45, 7) is 4.33. The van der Waals surface area contributed by atoms with Gasteiger partial charge in [-0.15, -0.1) is 0 Å². The molecule has 1 aromatic carbocycles. The van der Waals surface area contributed by atoms with Gasteiger partial charge in [0.25, 0.3) is 0 Å². The first kappa shape index (κ1) is 10.5. The molecular formula is C10H14Cl-. The van der Waals surface area contributed by atoms with E-state index < -0.39 is 0 Å². The van der Waals surface area contributed by atoms with Crippen molar-refractivity contribution in [3.8, 4) is 0 Å². The summed E-state index contributed by atoms with van der Waals surface area (Å²) in [5.41, 5.74) is 2.80. The Bertz CT molecular complexity index is 189. The predicted octanol–water partition coefficient (Wildman–Crippen LogP) is -0.0485. The highest BCUT2D eigenvalue weighted by molar-refractivity contribution is 5.21. The van der Waals surface area contributed by atoms with Crippen LogP contribution in [0.4, 0.5) is 0 Å². The smallest absolute Gasteiger partial charge is 0.0281 e. The van der Waals surface area contributed by atoms with Crippen molar-refractivity contribution in [1.29, 1.82) is 0 Å². The zero-order chi connectivity index (χ0) is 7.40. The van der Waals surface area contributed by atoms with Crippen LogP contribution in [0.5, 0.6) is 0 Å².